The third-order valence-corrected chi connectivity index (χ3v) is 5.28. The van der Waals surface area contributed by atoms with E-state index in [0.29, 0.717) is 31.0 Å². The van der Waals surface area contributed by atoms with Crippen molar-refractivity contribution in [2.45, 2.75) is 19.6 Å². The van der Waals surface area contributed by atoms with Gasteiger partial charge in [0, 0.05) is 24.8 Å². The average molecular weight is 418 g/mol. The Balaban J connectivity index is 1.35. The van der Waals surface area contributed by atoms with E-state index < -0.39 is 5.92 Å². The van der Waals surface area contributed by atoms with E-state index in [9.17, 15) is 14.0 Å². The molecule has 6 heteroatoms. The van der Waals surface area contributed by atoms with E-state index in [4.69, 9.17) is 4.74 Å². The van der Waals surface area contributed by atoms with Crippen LogP contribution in [0.5, 0.6) is 5.75 Å². The number of carbonyl (C=O) groups is 2. The summed E-state index contributed by atoms with van der Waals surface area (Å²) in [6.07, 6.45) is 0.448. The molecule has 1 atom stereocenters. The highest BCUT2D eigenvalue weighted by molar-refractivity contribution is 6.09. The first-order chi connectivity index (χ1) is 15.1. The smallest absolute Gasteiger partial charge is 0.239 e. The van der Waals surface area contributed by atoms with Crippen LogP contribution in [-0.2, 0) is 22.7 Å². The molecule has 0 aliphatic carbocycles. The highest BCUT2D eigenvalue weighted by Crippen LogP contribution is 2.28. The molecule has 3 aromatic carbocycles. The van der Waals surface area contributed by atoms with Gasteiger partial charge < -0.3 is 15.0 Å². The predicted octanol–water partition coefficient (Wildman–Crippen LogP) is 4.07. The SMILES string of the molecule is O=C(NCc1ccc(F)cc1)C1CCN(c2cccc(OCc3ccccc3)c2)C1=O. The Bertz CT molecular complexity index is 1050. The highest BCUT2D eigenvalue weighted by atomic mass is 19.1. The van der Waals surface area contributed by atoms with Crippen molar-refractivity contribution in [2.75, 3.05) is 11.4 Å². The van der Waals surface area contributed by atoms with Gasteiger partial charge in [-0.2, -0.15) is 0 Å². The Labute approximate surface area is 180 Å². The fourth-order valence-corrected chi connectivity index (χ4v) is 3.58. The number of nitrogens with one attached hydrogen (secondary N) is 1. The average Bonchev–Trinajstić information content (AvgIpc) is 3.19. The lowest BCUT2D eigenvalue weighted by molar-refractivity contribution is -0.132. The van der Waals surface area contributed by atoms with E-state index in [-0.39, 0.29) is 24.2 Å². The number of hydrogen-bond donors (Lipinski definition) is 1. The summed E-state index contributed by atoms with van der Waals surface area (Å²) in [5, 5.41) is 2.78. The lowest BCUT2D eigenvalue weighted by atomic mass is 10.1. The molecule has 0 saturated carbocycles. The molecule has 3 aromatic rings. The Morgan fingerprint density at radius 3 is 2.55 bits per heavy atom. The molecule has 0 radical (unpaired) electrons. The first kappa shape index (κ1) is 20.6. The van der Waals surface area contributed by atoms with E-state index >= 15 is 0 Å². The number of amides is 2. The molecule has 1 aliphatic heterocycles. The normalized spacial score (nSPS) is 15.7. The van der Waals surface area contributed by atoms with Crippen molar-refractivity contribution in [2.24, 2.45) is 5.92 Å². The molecule has 4 rings (SSSR count). The molecule has 1 N–H and O–H groups in total. The van der Waals surface area contributed by atoms with Gasteiger partial charge >= 0.3 is 0 Å². The number of ether oxygens (including phenoxy) is 1. The Morgan fingerprint density at radius 1 is 1.00 bits per heavy atom. The molecule has 1 aliphatic rings. The Morgan fingerprint density at radius 2 is 1.77 bits per heavy atom. The monoisotopic (exact) mass is 418 g/mol. The summed E-state index contributed by atoms with van der Waals surface area (Å²) >= 11 is 0. The first-order valence-electron chi connectivity index (χ1n) is 10.2. The fourth-order valence-electron chi connectivity index (χ4n) is 3.58. The van der Waals surface area contributed by atoms with Crippen LogP contribution in [0.15, 0.2) is 78.9 Å². The summed E-state index contributed by atoms with van der Waals surface area (Å²) in [4.78, 5) is 27.0. The van der Waals surface area contributed by atoms with Crippen molar-refractivity contribution in [3.05, 3.63) is 95.8 Å². The standard InChI is InChI=1S/C25H23FN2O3/c26-20-11-9-18(10-12-20)16-27-24(29)23-13-14-28(25(23)30)21-7-4-8-22(15-21)31-17-19-5-2-1-3-6-19/h1-12,15,23H,13-14,16-17H2,(H,27,29). The molecule has 1 unspecified atom stereocenters. The van der Waals surface area contributed by atoms with Crippen molar-refractivity contribution >= 4 is 17.5 Å². The second kappa shape index (κ2) is 9.43. The number of anilines is 1. The van der Waals surface area contributed by atoms with Crippen LogP contribution in [0, 0.1) is 11.7 Å². The molecule has 1 saturated heterocycles. The zero-order valence-corrected chi connectivity index (χ0v) is 17.0. The summed E-state index contributed by atoms with van der Waals surface area (Å²) in [5.74, 6) is -0.926. The number of hydrogen-bond acceptors (Lipinski definition) is 3. The lowest BCUT2D eigenvalue weighted by Gasteiger charge is -2.18. The fraction of sp³-hybridized carbons (Fsp3) is 0.200. The largest absolute Gasteiger partial charge is 0.489 e. The second-order valence-corrected chi connectivity index (χ2v) is 7.45. The van der Waals surface area contributed by atoms with Crippen LogP contribution in [0.4, 0.5) is 10.1 Å². The van der Waals surface area contributed by atoms with Gasteiger partial charge in [0.05, 0.1) is 0 Å². The number of nitrogens with zero attached hydrogens (tertiary/aromatic N) is 1. The molecule has 1 fully saturated rings. The van der Waals surface area contributed by atoms with Gasteiger partial charge in [0.2, 0.25) is 11.8 Å². The molecule has 0 aromatic heterocycles. The van der Waals surface area contributed by atoms with Crippen LogP contribution in [-0.4, -0.2) is 18.4 Å². The Kier molecular flexibility index (Phi) is 6.26. The van der Waals surface area contributed by atoms with Crippen molar-refractivity contribution in [3.8, 4) is 5.75 Å². The molecule has 1 heterocycles. The van der Waals surface area contributed by atoms with Gasteiger partial charge in [0.15, 0.2) is 0 Å². The van der Waals surface area contributed by atoms with E-state index in [1.807, 2.05) is 54.6 Å². The summed E-state index contributed by atoms with van der Waals surface area (Å²) in [6.45, 7) is 1.16. The number of benzene rings is 3. The minimum atomic E-state index is -0.727. The summed E-state index contributed by atoms with van der Waals surface area (Å²) in [6, 6.07) is 23.1. The maximum Gasteiger partial charge on any atom is 0.239 e. The zero-order chi connectivity index (χ0) is 21.6. The van der Waals surface area contributed by atoms with Crippen LogP contribution < -0.4 is 15.0 Å². The zero-order valence-electron chi connectivity index (χ0n) is 17.0. The number of halogens is 1. The first-order valence-corrected chi connectivity index (χ1v) is 10.2. The van der Waals surface area contributed by atoms with Crippen molar-refractivity contribution in [1.29, 1.82) is 0 Å². The highest BCUT2D eigenvalue weighted by Gasteiger charge is 2.37. The lowest BCUT2D eigenvalue weighted by Crippen LogP contribution is -2.36. The third kappa shape index (κ3) is 5.09. The topological polar surface area (TPSA) is 58.6 Å². The Hall–Kier alpha value is -3.67. The molecule has 158 valence electrons. The van der Waals surface area contributed by atoms with Crippen LogP contribution in [0.1, 0.15) is 17.5 Å². The minimum absolute atomic E-state index is 0.225. The summed E-state index contributed by atoms with van der Waals surface area (Å²) < 4.78 is 18.9. The van der Waals surface area contributed by atoms with Gasteiger partial charge in [-0.15, -0.1) is 0 Å². The van der Waals surface area contributed by atoms with Crippen molar-refractivity contribution in [3.63, 3.8) is 0 Å². The maximum absolute atomic E-state index is 13.0. The van der Waals surface area contributed by atoms with Gasteiger partial charge in [0.1, 0.15) is 24.1 Å². The summed E-state index contributed by atoms with van der Waals surface area (Å²) in [5.41, 5.74) is 2.55. The van der Waals surface area contributed by atoms with Crippen molar-refractivity contribution in [1.82, 2.24) is 5.32 Å². The molecule has 31 heavy (non-hydrogen) atoms. The molecule has 5 nitrogen and oxygen atoms in total. The van der Waals surface area contributed by atoms with E-state index in [1.54, 1.807) is 17.0 Å². The summed E-state index contributed by atoms with van der Waals surface area (Å²) in [7, 11) is 0. The van der Waals surface area contributed by atoms with E-state index in [1.165, 1.54) is 12.1 Å². The van der Waals surface area contributed by atoms with E-state index in [0.717, 1.165) is 11.1 Å². The van der Waals surface area contributed by atoms with Crippen LogP contribution in [0.25, 0.3) is 0 Å². The van der Waals surface area contributed by atoms with Crippen LogP contribution in [0.3, 0.4) is 0 Å². The molecule has 2 amide bonds. The molecular weight excluding hydrogens is 395 g/mol. The molecule has 0 bridgehead atoms. The van der Waals surface area contributed by atoms with Crippen LogP contribution in [0.2, 0.25) is 0 Å². The third-order valence-electron chi connectivity index (χ3n) is 5.28. The number of rotatable bonds is 7. The van der Waals surface area contributed by atoms with Gasteiger partial charge in [-0.3, -0.25) is 9.59 Å². The second-order valence-electron chi connectivity index (χ2n) is 7.45. The molecule has 0 spiro atoms. The quantitative estimate of drug-likeness (QED) is 0.589. The predicted molar refractivity (Wildman–Crippen MR) is 116 cm³/mol. The van der Waals surface area contributed by atoms with E-state index in [2.05, 4.69) is 5.32 Å². The van der Waals surface area contributed by atoms with Crippen LogP contribution >= 0.6 is 0 Å². The van der Waals surface area contributed by atoms with Gasteiger partial charge in [-0.25, -0.2) is 4.39 Å². The maximum atomic E-state index is 13.0. The van der Waals surface area contributed by atoms with Gasteiger partial charge in [-0.05, 0) is 41.8 Å². The number of carbonyl (C=O) groups excluding carboxylic acids is 2. The molecular formula is C25H23FN2O3. The van der Waals surface area contributed by atoms with Gasteiger partial charge in [-0.1, -0.05) is 48.5 Å². The van der Waals surface area contributed by atoms with Crippen molar-refractivity contribution < 1.29 is 18.7 Å². The minimum Gasteiger partial charge on any atom is -0.489 e. The van der Waals surface area contributed by atoms with Gasteiger partial charge in [0.25, 0.3) is 0 Å².